The van der Waals surface area contributed by atoms with Gasteiger partial charge in [-0.05, 0) is 99.1 Å². The summed E-state index contributed by atoms with van der Waals surface area (Å²) >= 11 is 0. The van der Waals surface area contributed by atoms with E-state index in [1.807, 2.05) is 6.07 Å². The first-order chi connectivity index (χ1) is 24.8. The smallest absolute Gasteiger partial charge is 0.137 e. The Morgan fingerprint density at radius 3 is 1.38 bits per heavy atom. The van der Waals surface area contributed by atoms with Crippen LogP contribution in [0.4, 0.5) is 17.1 Å². The molecule has 0 N–H and O–H groups in total. The van der Waals surface area contributed by atoms with Crippen LogP contribution in [0.25, 0.3) is 66.4 Å². The lowest BCUT2D eigenvalue weighted by Gasteiger charge is -2.25. The van der Waals surface area contributed by atoms with Crippen LogP contribution in [0.5, 0.6) is 0 Å². The first kappa shape index (κ1) is 29.5. The second-order valence-corrected chi connectivity index (χ2v) is 12.6. The normalized spacial score (nSPS) is 11.2. The highest BCUT2D eigenvalue weighted by atomic mass is 16.3. The zero-order valence-electron chi connectivity index (χ0n) is 27.4. The summed E-state index contributed by atoms with van der Waals surface area (Å²) in [5.74, 6) is 0. The molecule has 0 atom stereocenters. The van der Waals surface area contributed by atoms with Gasteiger partial charge in [-0.15, -0.1) is 0 Å². The molecule has 50 heavy (non-hydrogen) atoms. The Bertz CT molecular complexity index is 2560. The van der Waals surface area contributed by atoms with E-state index in [0.717, 1.165) is 44.6 Å². The summed E-state index contributed by atoms with van der Waals surface area (Å²) < 4.78 is 6.52. The van der Waals surface area contributed by atoms with Crippen LogP contribution in [-0.4, -0.2) is 0 Å². The predicted molar refractivity (Wildman–Crippen MR) is 210 cm³/mol. The van der Waals surface area contributed by atoms with Gasteiger partial charge in [0.25, 0.3) is 0 Å². The third-order valence-electron chi connectivity index (χ3n) is 9.48. The highest BCUT2D eigenvalue weighted by Gasteiger charge is 2.17. The summed E-state index contributed by atoms with van der Waals surface area (Å²) in [6.07, 6.45) is 0. The maximum atomic E-state index is 6.52. The molecule has 2 heteroatoms. The highest BCUT2D eigenvalue weighted by molar-refractivity contribution is 6.07. The molecular formula is C48H33NO. The number of fused-ring (bicyclic) bond motifs is 3. The lowest BCUT2D eigenvalue weighted by molar-refractivity contribution is 0.669. The second kappa shape index (κ2) is 12.8. The summed E-state index contributed by atoms with van der Waals surface area (Å²) in [7, 11) is 0. The number of anilines is 3. The average molecular weight is 640 g/mol. The first-order valence-electron chi connectivity index (χ1n) is 17.0. The van der Waals surface area contributed by atoms with Crippen molar-refractivity contribution < 1.29 is 4.42 Å². The molecule has 0 aliphatic heterocycles. The minimum atomic E-state index is 0.868. The van der Waals surface area contributed by atoms with Crippen LogP contribution in [0.1, 0.15) is 0 Å². The van der Waals surface area contributed by atoms with Gasteiger partial charge in [0.15, 0.2) is 0 Å². The minimum absolute atomic E-state index is 0.868. The number of hydrogen-bond donors (Lipinski definition) is 0. The molecule has 0 radical (unpaired) electrons. The fourth-order valence-corrected chi connectivity index (χ4v) is 6.99. The lowest BCUT2D eigenvalue weighted by Crippen LogP contribution is -2.09. The van der Waals surface area contributed by atoms with Crippen LogP contribution < -0.4 is 4.90 Å². The van der Waals surface area contributed by atoms with Crippen molar-refractivity contribution in [3.8, 4) is 44.5 Å². The van der Waals surface area contributed by atoms with Gasteiger partial charge in [-0.3, -0.25) is 0 Å². The third kappa shape index (κ3) is 5.53. The van der Waals surface area contributed by atoms with E-state index in [4.69, 9.17) is 4.42 Å². The van der Waals surface area contributed by atoms with Gasteiger partial charge in [0.1, 0.15) is 11.2 Å². The molecule has 0 bridgehead atoms. The van der Waals surface area contributed by atoms with Gasteiger partial charge in [-0.1, -0.05) is 140 Å². The van der Waals surface area contributed by atoms with E-state index < -0.39 is 0 Å². The fourth-order valence-electron chi connectivity index (χ4n) is 6.99. The highest BCUT2D eigenvalue weighted by Crippen LogP contribution is 2.41. The largest absolute Gasteiger partial charge is 0.456 e. The van der Waals surface area contributed by atoms with Crippen LogP contribution in [0.3, 0.4) is 0 Å². The molecule has 0 saturated carbocycles. The molecule has 0 fully saturated rings. The maximum Gasteiger partial charge on any atom is 0.137 e. The Balaban J connectivity index is 1.10. The molecule has 236 valence electrons. The number of rotatable bonds is 7. The summed E-state index contributed by atoms with van der Waals surface area (Å²) in [5.41, 5.74) is 14.5. The van der Waals surface area contributed by atoms with Crippen LogP contribution in [0.15, 0.2) is 205 Å². The molecule has 0 unspecified atom stereocenters. The van der Waals surface area contributed by atoms with Crippen LogP contribution in [0.2, 0.25) is 0 Å². The van der Waals surface area contributed by atoms with Crippen molar-refractivity contribution in [1.82, 2.24) is 0 Å². The van der Waals surface area contributed by atoms with Gasteiger partial charge < -0.3 is 9.32 Å². The number of hydrogen-bond acceptors (Lipinski definition) is 2. The van der Waals surface area contributed by atoms with Gasteiger partial charge >= 0.3 is 0 Å². The molecule has 0 amide bonds. The summed E-state index contributed by atoms with van der Waals surface area (Å²) in [6.45, 7) is 0. The van der Waals surface area contributed by atoms with Crippen molar-refractivity contribution in [2.75, 3.05) is 4.90 Å². The van der Waals surface area contributed by atoms with E-state index in [-0.39, 0.29) is 0 Å². The third-order valence-corrected chi connectivity index (χ3v) is 9.48. The fraction of sp³-hybridized carbons (Fsp3) is 0. The van der Waals surface area contributed by atoms with Crippen molar-refractivity contribution >= 4 is 39.0 Å². The van der Waals surface area contributed by atoms with E-state index in [1.54, 1.807) is 0 Å². The van der Waals surface area contributed by atoms with Crippen LogP contribution in [0, 0.1) is 0 Å². The number of para-hydroxylation sites is 1. The van der Waals surface area contributed by atoms with Gasteiger partial charge in [0, 0.05) is 33.9 Å². The van der Waals surface area contributed by atoms with Crippen LogP contribution in [-0.2, 0) is 0 Å². The molecular weight excluding hydrogens is 607 g/mol. The van der Waals surface area contributed by atoms with E-state index in [0.29, 0.717) is 0 Å². The summed E-state index contributed by atoms with van der Waals surface area (Å²) in [4.78, 5) is 2.29. The molecule has 0 spiro atoms. The molecule has 1 heterocycles. The molecule has 9 aromatic rings. The van der Waals surface area contributed by atoms with Crippen molar-refractivity contribution in [2.24, 2.45) is 0 Å². The SMILES string of the molecule is c1ccc(-c2ccc3c(c2)oc2cc(N(c4ccccc4)c4ccc(-c5ccc(-c6ccccc6)c(-c6ccccc6)c5)cc4)ccc23)cc1. The van der Waals surface area contributed by atoms with Crippen molar-refractivity contribution in [3.63, 3.8) is 0 Å². The van der Waals surface area contributed by atoms with E-state index in [9.17, 15) is 0 Å². The van der Waals surface area contributed by atoms with Crippen molar-refractivity contribution in [3.05, 3.63) is 200 Å². The van der Waals surface area contributed by atoms with Crippen LogP contribution >= 0.6 is 0 Å². The first-order valence-corrected chi connectivity index (χ1v) is 17.0. The number of furan rings is 1. The molecule has 1 aromatic heterocycles. The molecule has 9 rings (SSSR count). The standard InChI is InChI=1S/C48H33NO/c1-5-13-34(14-6-1)39-24-29-44-45-30-27-42(33-48(45)50-47(44)32-39)49(40-19-11-4-12-20-40)41-25-21-35(22-26-41)38-23-28-43(36-15-7-2-8-16-36)46(31-38)37-17-9-3-10-18-37/h1-33H. The zero-order valence-corrected chi connectivity index (χ0v) is 27.4. The molecule has 0 saturated heterocycles. The van der Waals surface area contributed by atoms with Crippen molar-refractivity contribution in [2.45, 2.75) is 0 Å². The van der Waals surface area contributed by atoms with E-state index >= 15 is 0 Å². The quantitative estimate of drug-likeness (QED) is 0.173. The summed E-state index contributed by atoms with van der Waals surface area (Å²) in [5, 5.41) is 2.23. The van der Waals surface area contributed by atoms with E-state index in [2.05, 4.69) is 199 Å². The monoisotopic (exact) mass is 639 g/mol. The molecule has 0 aliphatic rings. The van der Waals surface area contributed by atoms with Gasteiger partial charge in [0.2, 0.25) is 0 Å². The number of nitrogens with zero attached hydrogens (tertiary/aromatic N) is 1. The maximum absolute atomic E-state index is 6.52. The Morgan fingerprint density at radius 1 is 0.280 bits per heavy atom. The zero-order chi connectivity index (χ0) is 33.3. The Labute approximate surface area is 292 Å². The Kier molecular flexibility index (Phi) is 7.53. The number of benzene rings is 8. The predicted octanol–water partition coefficient (Wildman–Crippen LogP) is 13.7. The van der Waals surface area contributed by atoms with E-state index in [1.165, 1.54) is 38.9 Å². The molecule has 0 aliphatic carbocycles. The Hall–Kier alpha value is -6.64. The van der Waals surface area contributed by atoms with Crippen molar-refractivity contribution in [1.29, 1.82) is 0 Å². The molecule has 2 nitrogen and oxygen atoms in total. The Morgan fingerprint density at radius 2 is 0.720 bits per heavy atom. The van der Waals surface area contributed by atoms with Gasteiger partial charge in [-0.2, -0.15) is 0 Å². The van der Waals surface area contributed by atoms with Gasteiger partial charge in [-0.25, -0.2) is 0 Å². The second-order valence-electron chi connectivity index (χ2n) is 12.6. The average Bonchev–Trinajstić information content (AvgIpc) is 3.57. The molecule has 8 aromatic carbocycles. The topological polar surface area (TPSA) is 16.4 Å². The van der Waals surface area contributed by atoms with Gasteiger partial charge in [0.05, 0.1) is 0 Å². The lowest BCUT2D eigenvalue weighted by atomic mass is 9.91. The summed E-state index contributed by atoms with van der Waals surface area (Å²) in [6, 6.07) is 71.0. The minimum Gasteiger partial charge on any atom is -0.456 e.